The second kappa shape index (κ2) is 9.40. The van der Waals surface area contributed by atoms with Crippen LogP contribution in [0.25, 0.3) is 0 Å². The number of ether oxygens (including phenoxy) is 2. The quantitative estimate of drug-likeness (QED) is 0.198. The summed E-state index contributed by atoms with van der Waals surface area (Å²) in [6, 6.07) is 6.95. The maximum Gasteiger partial charge on any atom is 1.00 e. The number of nitro benzene ring substituents is 1. The first kappa shape index (κ1) is 17.5. The molecule has 0 atom stereocenters. The average Bonchev–Trinajstić information content (AvgIpc) is 2.38. The first-order valence-corrected chi connectivity index (χ1v) is 5.11. The van der Waals surface area contributed by atoms with Crippen molar-refractivity contribution < 1.29 is 33.3 Å². The van der Waals surface area contributed by atoms with Crippen molar-refractivity contribution in [2.24, 2.45) is 0 Å². The van der Waals surface area contributed by atoms with E-state index in [9.17, 15) is 10.1 Å². The Labute approximate surface area is 123 Å². The summed E-state index contributed by atoms with van der Waals surface area (Å²) in [4.78, 5) is 10.1. The molecular formula is C12H11LiN2O4-2. The molecule has 0 spiro atoms. The van der Waals surface area contributed by atoms with Gasteiger partial charge in [-0.15, -0.1) is 6.07 Å². The van der Waals surface area contributed by atoms with E-state index in [1.807, 2.05) is 0 Å². The fraction of sp³-hybridized carbons (Fsp3) is 0.250. The van der Waals surface area contributed by atoms with E-state index in [0.29, 0.717) is 13.2 Å². The molecule has 19 heavy (non-hydrogen) atoms. The molecule has 1 aromatic carbocycles. The van der Waals surface area contributed by atoms with Crippen molar-refractivity contribution in [1.29, 1.82) is 5.26 Å². The smallest absolute Gasteiger partial charge is 0.549 e. The van der Waals surface area contributed by atoms with Gasteiger partial charge in [0.05, 0.1) is 5.56 Å². The van der Waals surface area contributed by atoms with Gasteiger partial charge in [0.2, 0.25) is 0 Å². The van der Waals surface area contributed by atoms with Crippen molar-refractivity contribution in [2.75, 3.05) is 19.8 Å². The molecule has 96 valence electrons. The third kappa shape index (κ3) is 5.31. The molecule has 0 saturated heterocycles. The SMILES string of the molecule is [CH2-]COC[CH-]COc1[c-]ccc([N+](=O)[O-])c1C#N.[Li+]. The Kier molecular flexibility index (Phi) is 8.65. The topological polar surface area (TPSA) is 85.4 Å². The van der Waals surface area contributed by atoms with Crippen LogP contribution in [-0.2, 0) is 4.74 Å². The molecule has 7 heteroatoms. The van der Waals surface area contributed by atoms with Crippen LogP contribution >= 0.6 is 0 Å². The van der Waals surface area contributed by atoms with Crippen LogP contribution in [0.5, 0.6) is 5.75 Å². The van der Waals surface area contributed by atoms with Crippen LogP contribution in [0, 0.1) is 40.9 Å². The number of hydrogen-bond donors (Lipinski definition) is 0. The summed E-state index contributed by atoms with van der Waals surface area (Å²) in [6.07, 6.45) is 1.68. The zero-order valence-electron chi connectivity index (χ0n) is 10.6. The number of nitrogens with zero attached hydrogens (tertiary/aromatic N) is 2. The summed E-state index contributed by atoms with van der Waals surface area (Å²) in [6.45, 7) is 4.38. The largest absolute Gasteiger partial charge is 1.00 e. The second-order valence-electron chi connectivity index (χ2n) is 3.11. The van der Waals surface area contributed by atoms with Crippen molar-refractivity contribution in [3.05, 3.63) is 47.2 Å². The molecule has 0 bridgehead atoms. The molecule has 0 radical (unpaired) electrons. The van der Waals surface area contributed by atoms with Crippen molar-refractivity contribution in [2.45, 2.75) is 0 Å². The van der Waals surface area contributed by atoms with Crippen LogP contribution in [-0.4, -0.2) is 24.7 Å². The van der Waals surface area contributed by atoms with Crippen molar-refractivity contribution >= 4 is 5.69 Å². The Morgan fingerprint density at radius 1 is 1.58 bits per heavy atom. The van der Waals surface area contributed by atoms with Crippen LogP contribution in [0.15, 0.2) is 12.1 Å². The first-order chi connectivity index (χ1) is 8.70. The van der Waals surface area contributed by atoms with Gasteiger partial charge in [-0.3, -0.25) is 16.5 Å². The predicted octanol–water partition coefficient (Wildman–Crippen LogP) is -1.30. The number of hydrogen-bond acceptors (Lipinski definition) is 5. The molecule has 6 nitrogen and oxygen atoms in total. The maximum absolute atomic E-state index is 10.7. The van der Waals surface area contributed by atoms with Gasteiger partial charge in [0.25, 0.3) is 0 Å². The zero-order valence-corrected chi connectivity index (χ0v) is 10.6. The van der Waals surface area contributed by atoms with Gasteiger partial charge in [-0.05, 0) is 6.61 Å². The summed E-state index contributed by atoms with van der Waals surface area (Å²) in [5.74, 6) is 0.0672. The molecule has 0 heterocycles. The van der Waals surface area contributed by atoms with Gasteiger partial charge in [0.1, 0.15) is 0 Å². The van der Waals surface area contributed by atoms with Gasteiger partial charge < -0.3 is 16.4 Å². The Bertz CT molecular complexity index is 460. The number of nitriles is 1. The van der Waals surface area contributed by atoms with Crippen molar-refractivity contribution in [3.8, 4) is 11.8 Å². The molecule has 1 rings (SSSR count). The maximum atomic E-state index is 10.7. The Morgan fingerprint density at radius 2 is 2.32 bits per heavy atom. The molecule has 0 aromatic heterocycles. The zero-order chi connectivity index (χ0) is 13.4. The summed E-state index contributed by atoms with van der Waals surface area (Å²) < 4.78 is 10.2. The monoisotopic (exact) mass is 254 g/mol. The molecule has 0 fully saturated rings. The van der Waals surface area contributed by atoms with E-state index in [-0.39, 0.29) is 42.5 Å². The van der Waals surface area contributed by atoms with E-state index < -0.39 is 4.92 Å². The Morgan fingerprint density at radius 3 is 2.89 bits per heavy atom. The van der Waals surface area contributed by atoms with E-state index in [4.69, 9.17) is 14.7 Å². The third-order valence-electron chi connectivity index (χ3n) is 1.97. The van der Waals surface area contributed by atoms with Crippen molar-refractivity contribution in [1.82, 2.24) is 0 Å². The molecule has 0 aliphatic rings. The first-order valence-electron chi connectivity index (χ1n) is 5.11. The van der Waals surface area contributed by atoms with E-state index >= 15 is 0 Å². The minimum Gasteiger partial charge on any atom is -0.549 e. The molecular weight excluding hydrogens is 243 g/mol. The van der Waals surface area contributed by atoms with Crippen molar-refractivity contribution in [3.63, 3.8) is 0 Å². The van der Waals surface area contributed by atoms with Crippen LogP contribution in [0.1, 0.15) is 5.56 Å². The van der Waals surface area contributed by atoms with Crippen LogP contribution in [0.4, 0.5) is 5.69 Å². The molecule has 0 N–H and O–H groups in total. The normalized spacial score (nSPS) is 9.26. The Balaban J connectivity index is 0.00000324. The molecule has 0 amide bonds. The van der Waals surface area contributed by atoms with Crippen LogP contribution in [0.3, 0.4) is 0 Å². The fourth-order valence-electron chi connectivity index (χ4n) is 1.20. The average molecular weight is 254 g/mol. The summed E-state index contributed by atoms with van der Waals surface area (Å²) >= 11 is 0. The number of benzene rings is 1. The molecule has 1 aromatic rings. The van der Waals surface area contributed by atoms with E-state index in [0.717, 1.165) is 0 Å². The molecule has 0 aliphatic heterocycles. The fourth-order valence-corrected chi connectivity index (χ4v) is 1.20. The van der Waals surface area contributed by atoms with Gasteiger partial charge in [-0.25, -0.2) is 5.26 Å². The van der Waals surface area contributed by atoms with E-state index in [1.165, 1.54) is 12.1 Å². The van der Waals surface area contributed by atoms with Gasteiger partial charge in [0.15, 0.2) is 5.69 Å². The van der Waals surface area contributed by atoms with E-state index in [2.05, 4.69) is 13.0 Å². The minimum absolute atomic E-state index is 0. The molecule has 0 unspecified atom stereocenters. The second-order valence-corrected chi connectivity index (χ2v) is 3.11. The predicted molar refractivity (Wildman–Crippen MR) is 62.6 cm³/mol. The Hall–Kier alpha value is -1.53. The van der Waals surface area contributed by atoms with Gasteiger partial charge >= 0.3 is 18.9 Å². The standard InChI is InChI=1S/C12H11N2O4.Li/c1-2-17-7-4-8-18-12-6-3-5-11(14(15)16)10(12)9-13;/h3-5H,1-2,7-8H2;/q-3;+1. The van der Waals surface area contributed by atoms with E-state index in [1.54, 1.807) is 12.5 Å². The summed E-state index contributed by atoms with van der Waals surface area (Å²) in [5.41, 5.74) is -0.422. The van der Waals surface area contributed by atoms with Crippen LogP contribution in [0.2, 0.25) is 0 Å². The summed E-state index contributed by atoms with van der Waals surface area (Å²) in [7, 11) is 0. The summed E-state index contributed by atoms with van der Waals surface area (Å²) in [5, 5.41) is 19.6. The van der Waals surface area contributed by atoms with Gasteiger partial charge in [0, 0.05) is 16.7 Å². The van der Waals surface area contributed by atoms with Gasteiger partial charge in [-0.2, -0.15) is 6.07 Å². The van der Waals surface area contributed by atoms with Gasteiger partial charge in [-0.1, -0.05) is 19.3 Å². The third-order valence-corrected chi connectivity index (χ3v) is 1.97. The minimum atomic E-state index is -0.630. The molecule has 0 aliphatic carbocycles. The number of rotatable bonds is 7. The molecule has 0 saturated carbocycles. The number of nitro groups is 1. The van der Waals surface area contributed by atoms with Crippen LogP contribution < -0.4 is 23.6 Å².